The summed E-state index contributed by atoms with van der Waals surface area (Å²) in [6.45, 7) is 8.47. The van der Waals surface area contributed by atoms with Crippen LogP contribution < -0.4 is 4.74 Å². The summed E-state index contributed by atoms with van der Waals surface area (Å²) in [5, 5.41) is 1.02. The zero-order valence-electron chi connectivity index (χ0n) is 14.2. The Labute approximate surface area is 136 Å². The van der Waals surface area contributed by atoms with Gasteiger partial charge in [0.05, 0.1) is 29.7 Å². The van der Waals surface area contributed by atoms with Crippen molar-refractivity contribution in [3.05, 3.63) is 30.2 Å². The third kappa shape index (κ3) is 2.88. The highest BCUT2D eigenvalue weighted by atomic mass is 16.5. The molecule has 0 unspecified atom stereocenters. The Morgan fingerprint density at radius 3 is 2.74 bits per heavy atom. The largest absolute Gasteiger partial charge is 0.496 e. The first-order valence-electron chi connectivity index (χ1n) is 8.04. The van der Waals surface area contributed by atoms with Crippen molar-refractivity contribution in [2.75, 3.05) is 13.7 Å². The van der Waals surface area contributed by atoms with Gasteiger partial charge < -0.3 is 14.0 Å². The van der Waals surface area contributed by atoms with E-state index in [2.05, 4.69) is 23.4 Å². The summed E-state index contributed by atoms with van der Waals surface area (Å²) in [7, 11) is 1.69. The first kappa shape index (κ1) is 15.7. The van der Waals surface area contributed by atoms with Gasteiger partial charge in [-0.25, -0.2) is 4.98 Å². The molecule has 0 aliphatic carbocycles. The number of fused-ring (bicyclic) bond motifs is 3. The van der Waals surface area contributed by atoms with Gasteiger partial charge in [-0.1, -0.05) is 19.9 Å². The second kappa shape index (κ2) is 6.54. The number of pyridine rings is 1. The third-order valence-corrected chi connectivity index (χ3v) is 3.84. The van der Waals surface area contributed by atoms with Crippen LogP contribution in [-0.2, 0) is 17.9 Å². The molecule has 0 bridgehead atoms. The standard InChI is InChI=1S/C18H23N3O2/c1-5-23-11-16-20-14-9-19-13-7-6-8-15(22-4)17(13)18(14)21(16)10-12(2)3/h6-9,12H,5,10-11H2,1-4H3. The zero-order chi connectivity index (χ0) is 16.4. The normalized spacial score (nSPS) is 11.7. The maximum absolute atomic E-state index is 5.60. The molecule has 0 atom stereocenters. The van der Waals surface area contributed by atoms with Gasteiger partial charge in [0, 0.05) is 13.2 Å². The minimum absolute atomic E-state index is 0.505. The second-order valence-electron chi connectivity index (χ2n) is 6.02. The molecule has 3 aromatic rings. The van der Waals surface area contributed by atoms with Crippen molar-refractivity contribution in [1.82, 2.24) is 14.5 Å². The van der Waals surface area contributed by atoms with Gasteiger partial charge in [0.25, 0.3) is 0 Å². The fraction of sp³-hybridized carbons (Fsp3) is 0.444. The maximum atomic E-state index is 5.60. The molecule has 0 N–H and O–H groups in total. The molecule has 0 radical (unpaired) electrons. The Hall–Kier alpha value is -2.14. The van der Waals surface area contributed by atoms with Crippen molar-refractivity contribution in [1.29, 1.82) is 0 Å². The van der Waals surface area contributed by atoms with E-state index in [1.54, 1.807) is 7.11 Å². The summed E-state index contributed by atoms with van der Waals surface area (Å²) in [6, 6.07) is 5.94. The number of nitrogens with zero attached hydrogens (tertiary/aromatic N) is 3. The average Bonchev–Trinajstić information content (AvgIpc) is 2.89. The van der Waals surface area contributed by atoms with Gasteiger partial charge in [-0.15, -0.1) is 0 Å². The van der Waals surface area contributed by atoms with Gasteiger partial charge in [-0.05, 0) is 25.0 Å². The summed E-state index contributed by atoms with van der Waals surface area (Å²) < 4.78 is 13.4. The highest BCUT2D eigenvalue weighted by molar-refractivity contribution is 6.05. The molecule has 1 aromatic carbocycles. The quantitative estimate of drug-likeness (QED) is 0.695. The molecule has 3 rings (SSSR count). The minimum atomic E-state index is 0.505. The lowest BCUT2D eigenvalue weighted by molar-refractivity contribution is 0.125. The Morgan fingerprint density at radius 1 is 1.22 bits per heavy atom. The van der Waals surface area contributed by atoms with E-state index in [4.69, 9.17) is 14.5 Å². The van der Waals surface area contributed by atoms with Crippen molar-refractivity contribution >= 4 is 21.9 Å². The summed E-state index contributed by atoms with van der Waals surface area (Å²) >= 11 is 0. The van der Waals surface area contributed by atoms with Crippen LogP contribution in [0.25, 0.3) is 21.9 Å². The molecule has 0 amide bonds. The van der Waals surface area contributed by atoms with Crippen LogP contribution in [0.4, 0.5) is 0 Å². The fourth-order valence-corrected chi connectivity index (χ4v) is 2.90. The Bertz CT molecular complexity index is 824. The maximum Gasteiger partial charge on any atom is 0.136 e. The second-order valence-corrected chi connectivity index (χ2v) is 6.02. The van der Waals surface area contributed by atoms with E-state index < -0.39 is 0 Å². The van der Waals surface area contributed by atoms with Gasteiger partial charge in [0.1, 0.15) is 23.7 Å². The van der Waals surface area contributed by atoms with E-state index in [-0.39, 0.29) is 0 Å². The van der Waals surface area contributed by atoms with Crippen LogP contribution in [0.15, 0.2) is 24.4 Å². The molecule has 0 saturated heterocycles. The molecule has 0 aliphatic heterocycles. The Kier molecular flexibility index (Phi) is 4.48. The molecule has 122 valence electrons. The fourth-order valence-electron chi connectivity index (χ4n) is 2.90. The van der Waals surface area contributed by atoms with Crippen LogP contribution in [0.5, 0.6) is 5.75 Å². The number of rotatable bonds is 6. The molecule has 0 spiro atoms. The first-order chi connectivity index (χ1) is 11.2. The summed E-state index contributed by atoms with van der Waals surface area (Å²) in [5.41, 5.74) is 2.89. The van der Waals surface area contributed by atoms with Crippen LogP contribution in [-0.4, -0.2) is 28.3 Å². The lowest BCUT2D eigenvalue weighted by atomic mass is 10.1. The number of hydrogen-bond acceptors (Lipinski definition) is 4. The summed E-state index contributed by atoms with van der Waals surface area (Å²) in [6.07, 6.45) is 1.84. The molecule has 5 nitrogen and oxygen atoms in total. The SMILES string of the molecule is CCOCc1nc2cnc3cccc(OC)c3c2n1CC(C)C. The lowest BCUT2D eigenvalue weighted by Crippen LogP contribution is -2.10. The molecule has 2 aromatic heterocycles. The third-order valence-electron chi connectivity index (χ3n) is 3.84. The highest BCUT2D eigenvalue weighted by Crippen LogP contribution is 2.32. The van der Waals surface area contributed by atoms with E-state index in [9.17, 15) is 0 Å². The molecule has 0 fully saturated rings. The van der Waals surface area contributed by atoms with Crippen molar-refractivity contribution in [3.8, 4) is 5.75 Å². The number of ether oxygens (including phenoxy) is 2. The lowest BCUT2D eigenvalue weighted by Gasteiger charge is -2.14. The van der Waals surface area contributed by atoms with Gasteiger partial charge in [0.2, 0.25) is 0 Å². The van der Waals surface area contributed by atoms with Crippen molar-refractivity contribution < 1.29 is 9.47 Å². The van der Waals surface area contributed by atoms with Crippen LogP contribution in [0, 0.1) is 5.92 Å². The Balaban J connectivity index is 2.32. The average molecular weight is 313 g/mol. The van der Waals surface area contributed by atoms with E-state index in [0.717, 1.165) is 40.1 Å². The van der Waals surface area contributed by atoms with Gasteiger partial charge in [-0.2, -0.15) is 0 Å². The summed E-state index contributed by atoms with van der Waals surface area (Å²) in [5.74, 6) is 2.27. The number of aromatic nitrogens is 3. The molecule has 23 heavy (non-hydrogen) atoms. The van der Waals surface area contributed by atoms with Crippen LogP contribution >= 0.6 is 0 Å². The predicted octanol–water partition coefficient (Wildman–Crippen LogP) is 3.79. The topological polar surface area (TPSA) is 49.2 Å². The molecule has 0 aliphatic rings. The molecular formula is C18H23N3O2. The Morgan fingerprint density at radius 2 is 2.04 bits per heavy atom. The monoisotopic (exact) mass is 313 g/mol. The van der Waals surface area contributed by atoms with Crippen molar-refractivity contribution in [2.24, 2.45) is 5.92 Å². The van der Waals surface area contributed by atoms with Crippen LogP contribution in [0.2, 0.25) is 0 Å². The van der Waals surface area contributed by atoms with Gasteiger partial charge in [0.15, 0.2) is 0 Å². The number of benzene rings is 1. The van der Waals surface area contributed by atoms with E-state index >= 15 is 0 Å². The summed E-state index contributed by atoms with van der Waals surface area (Å²) in [4.78, 5) is 9.28. The molecule has 5 heteroatoms. The number of methoxy groups -OCH3 is 1. The smallest absolute Gasteiger partial charge is 0.136 e. The minimum Gasteiger partial charge on any atom is -0.496 e. The van der Waals surface area contributed by atoms with Crippen molar-refractivity contribution in [2.45, 2.75) is 33.9 Å². The van der Waals surface area contributed by atoms with E-state index in [0.29, 0.717) is 19.1 Å². The molecule has 2 heterocycles. The van der Waals surface area contributed by atoms with Crippen LogP contribution in [0.1, 0.15) is 26.6 Å². The molecule has 0 saturated carbocycles. The van der Waals surface area contributed by atoms with E-state index in [1.807, 2.05) is 31.3 Å². The highest BCUT2D eigenvalue weighted by Gasteiger charge is 2.17. The van der Waals surface area contributed by atoms with Gasteiger partial charge >= 0.3 is 0 Å². The number of hydrogen-bond donors (Lipinski definition) is 0. The molecular weight excluding hydrogens is 290 g/mol. The zero-order valence-corrected chi connectivity index (χ0v) is 14.2. The van der Waals surface area contributed by atoms with Crippen LogP contribution in [0.3, 0.4) is 0 Å². The number of imidazole rings is 1. The van der Waals surface area contributed by atoms with Crippen molar-refractivity contribution in [3.63, 3.8) is 0 Å². The van der Waals surface area contributed by atoms with Gasteiger partial charge in [-0.3, -0.25) is 4.98 Å². The predicted molar refractivity (Wildman–Crippen MR) is 91.8 cm³/mol. The van der Waals surface area contributed by atoms with E-state index in [1.165, 1.54) is 0 Å². The first-order valence-corrected chi connectivity index (χ1v) is 8.04.